The van der Waals surface area contributed by atoms with Gasteiger partial charge >= 0.3 is 0 Å². The molecule has 0 spiro atoms. The van der Waals surface area contributed by atoms with Gasteiger partial charge in [0.1, 0.15) is 10.0 Å². The third-order valence-electron chi connectivity index (χ3n) is 5.92. The second kappa shape index (κ2) is 10.2. The highest BCUT2D eigenvalue weighted by atomic mass is 79.9. The number of carbonyl (C=O) groups excluding carboxylic acids is 1. The standard InChI is InChI=1S/C26H20BrN3O2S2.ClH/c27-22-11-10-19(32-22)24(31)29-26-23(25-28-18-8-4-5-9-20(18)33-25)17-12-13-30(15-21(17)34-26)14-16-6-2-1-3-7-16;/h1-11H,12-15H2,(H,29,31);1H. The first-order valence-corrected chi connectivity index (χ1v) is 13.4. The largest absolute Gasteiger partial charge is 0.444 e. The zero-order chi connectivity index (χ0) is 23.1. The molecule has 0 atom stereocenters. The highest BCUT2D eigenvalue weighted by Crippen LogP contribution is 2.46. The maximum absolute atomic E-state index is 13.0. The summed E-state index contributed by atoms with van der Waals surface area (Å²) in [6.07, 6.45) is 0.923. The van der Waals surface area contributed by atoms with Gasteiger partial charge in [-0.3, -0.25) is 9.69 Å². The van der Waals surface area contributed by atoms with E-state index < -0.39 is 0 Å². The molecule has 0 saturated carbocycles. The van der Waals surface area contributed by atoms with Crippen LogP contribution in [0.5, 0.6) is 0 Å². The summed E-state index contributed by atoms with van der Waals surface area (Å²) in [7, 11) is 0. The van der Waals surface area contributed by atoms with Crippen molar-refractivity contribution in [3.63, 3.8) is 0 Å². The average molecular weight is 587 g/mol. The molecule has 0 bridgehead atoms. The van der Waals surface area contributed by atoms with E-state index in [9.17, 15) is 4.79 Å². The van der Waals surface area contributed by atoms with E-state index in [4.69, 9.17) is 9.40 Å². The summed E-state index contributed by atoms with van der Waals surface area (Å²) < 4.78 is 7.16. The Morgan fingerprint density at radius 3 is 2.63 bits per heavy atom. The molecule has 9 heteroatoms. The van der Waals surface area contributed by atoms with Gasteiger partial charge in [-0.15, -0.1) is 35.1 Å². The molecule has 0 aliphatic carbocycles. The summed E-state index contributed by atoms with van der Waals surface area (Å²) in [5, 5.41) is 4.90. The van der Waals surface area contributed by atoms with Crippen LogP contribution in [-0.4, -0.2) is 22.3 Å². The summed E-state index contributed by atoms with van der Waals surface area (Å²) in [6, 6.07) is 22.1. The number of thiophene rings is 1. The maximum Gasteiger partial charge on any atom is 0.292 e. The second-order valence-corrected chi connectivity index (χ2v) is 11.1. The van der Waals surface area contributed by atoms with Gasteiger partial charge in [-0.1, -0.05) is 42.5 Å². The number of rotatable bonds is 5. The van der Waals surface area contributed by atoms with Crippen LogP contribution in [0, 0.1) is 0 Å². The third kappa shape index (κ3) is 4.94. The van der Waals surface area contributed by atoms with E-state index in [2.05, 4.69) is 56.5 Å². The summed E-state index contributed by atoms with van der Waals surface area (Å²) in [4.78, 5) is 21.6. The van der Waals surface area contributed by atoms with Crippen molar-refractivity contribution in [3.8, 4) is 10.6 Å². The van der Waals surface area contributed by atoms with Crippen LogP contribution in [0.15, 0.2) is 75.8 Å². The number of aromatic nitrogens is 1. The molecule has 178 valence electrons. The number of carbonyl (C=O) groups is 1. The Morgan fingerprint density at radius 2 is 1.86 bits per heavy atom. The maximum atomic E-state index is 13.0. The Bertz CT molecular complexity index is 1460. The molecule has 3 aromatic heterocycles. The minimum absolute atomic E-state index is 0. The van der Waals surface area contributed by atoms with Crippen molar-refractivity contribution in [1.82, 2.24) is 9.88 Å². The first-order chi connectivity index (χ1) is 16.6. The zero-order valence-corrected chi connectivity index (χ0v) is 22.5. The van der Waals surface area contributed by atoms with Gasteiger partial charge in [0.25, 0.3) is 5.91 Å². The van der Waals surface area contributed by atoms with Crippen LogP contribution in [-0.2, 0) is 19.5 Å². The van der Waals surface area contributed by atoms with E-state index >= 15 is 0 Å². The first-order valence-electron chi connectivity index (χ1n) is 11.0. The lowest BCUT2D eigenvalue weighted by Gasteiger charge is -2.27. The molecule has 1 aliphatic heterocycles. The number of halogens is 2. The highest BCUT2D eigenvalue weighted by Gasteiger charge is 2.28. The lowest BCUT2D eigenvalue weighted by atomic mass is 10.0. The lowest BCUT2D eigenvalue weighted by molar-refractivity contribution is 0.0996. The van der Waals surface area contributed by atoms with Crippen molar-refractivity contribution in [2.75, 3.05) is 11.9 Å². The molecule has 1 aliphatic rings. The number of furan rings is 1. The van der Waals surface area contributed by atoms with E-state index in [1.54, 1.807) is 34.8 Å². The topological polar surface area (TPSA) is 58.4 Å². The van der Waals surface area contributed by atoms with Crippen molar-refractivity contribution in [1.29, 1.82) is 0 Å². The fraction of sp³-hybridized carbons (Fsp3) is 0.154. The molecule has 5 nitrogen and oxygen atoms in total. The van der Waals surface area contributed by atoms with Crippen molar-refractivity contribution >= 4 is 72.1 Å². The lowest BCUT2D eigenvalue weighted by Crippen LogP contribution is -2.29. The van der Waals surface area contributed by atoms with Crippen LogP contribution < -0.4 is 5.32 Å². The molecule has 0 unspecified atom stereocenters. The Kier molecular flexibility index (Phi) is 7.09. The molecular formula is C26H21BrClN3O2S2. The fourth-order valence-corrected chi connectivity index (χ4v) is 7.03. The minimum Gasteiger partial charge on any atom is -0.444 e. The Balaban J connectivity index is 0.00000253. The number of benzene rings is 2. The SMILES string of the molecule is Cl.O=C(Nc1sc2c(c1-c1nc3ccccc3s1)CCN(Cc1ccccc1)C2)c1ccc(Br)o1. The number of hydrogen-bond acceptors (Lipinski definition) is 6. The van der Waals surface area contributed by atoms with E-state index in [1.807, 2.05) is 24.3 Å². The van der Waals surface area contributed by atoms with Crippen LogP contribution in [0.1, 0.15) is 26.6 Å². The van der Waals surface area contributed by atoms with Crippen molar-refractivity contribution in [3.05, 3.63) is 93.2 Å². The summed E-state index contributed by atoms with van der Waals surface area (Å²) in [6.45, 7) is 2.74. The normalized spacial score (nSPS) is 13.4. The number of anilines is 1. The van der Waals surface area contributed by atoms with Crippen molar-refractivity contribution in [2.24, 2.45) is 0 Å². The summed E-state index contributed by atoms with van der Waals surface area (Å²) >= 11 is 6.60. The van der Waals surface area contributed by atoms with Gasteiger partial charge in [-0.25, -0.2) is 4.98 Å². The van der Waals surface area contributed by atoms with E-state index in [0.717, 1.165) is 51.8 Å². The molecule has 1 amide bonds. The summed E-state index contributed by atoms with van der Waals surface area (Å²) in [5.74, 6) is 0.0204. The van der Waals surface area contributed by atoms with Gasteiger partial charge in [0, 0.05) is 30.1 Å². The first kappa shape index (κ1) is 24.2. The molecule has 5 aromatic rings. The molecule has 6 rings (SSSR count). The van der Waals surface area contributed by atoms with E-state index in [1.165, 1.54) is 16.0 Å². The number of hydrogen-bond donors (Lipinski definition) is 1. The molecule has 0 radical (unpaired) electrons. The Hall–Kier alpha value is -2.49. The van der Waals surface area contributed by atoms with Crippen molar-refractivity contribution < 1.29 is 9.21 Å². The smallest absolute Gasteiger partial charge is 0.292 e. The second-order valence-electron chi connectivity index (χ2n) is 8.20. The molecule has 2 aromatic carbocycles. The van der Waals surface area contributed by atoms with Crippen LogP contribution in [0.2, 0.25) is 0 Å². The van der Waals surface area contributed by atoms with Gasteiger partial charge in [0.2, 0.25) is 0 Å². The monoisotopic (exact) mass is 585 g/mol. The van der Waals surface area contributed by atoms with E-state index in [0.29, 0.717) is 4.67 Å². The number of fused-ring (bicyclic) bond motifs is 2. The average Bonchev–Trinajstić information content (AvgIpc) is 3.55. The van der Waals surface area contributed by atoms with Gasteiger partial charge in [0.15, 0.2) is 10.4 Å². The molecule has 0 fully saturated rings. The quantitative estimate of drug-likeness (QED) is 0.230. The highest BCUT2D eigenvalue weighted by molar-refractivity contribution is 9.10. The Labute approximate surface area is 225 Å². The molecule has 0 saturated heterocycles. The number of nitrogens with zero attached hydrogens (tertiary/aromatic N) is 2. The number of amides is 1. The van der Waals surface area contributed by atoms with Crippen LogP contribution in [0.25, 0.3) is 20.8 Å². The van der Waals surface area contributed by atoms with Gasteiger partial charge in [0.05, 0.1) is 10.2 Å². The number of para-hydroxylation sites is 1. The van der Waals surface area contributed by atoms with Crippen LogP contribution in [0.4, 0.5) is 5.00 Å². The molecule has 4 heterocycles. The minimum atomic E-state index is -0.257. The van der Waals surface area contributed by atoms with Crippen LogP contribution >= 0.6 is 51.0 Å². The fourth-order valence-electron chi connectivity index (χ4n) is 4.33. The van der Waals surface area contributed by atoms with Crippen LogP contribution in [0.3, 0.4) is 0 Å². The van der Waals surface area contributed by atoms with Gasteiger partial charge in [-0.2, -0.15) is 0 Å². The molecule has 1 N–H and O–H groups in total. The predicted octanol–water partition coefficient (Wildman–Crippen LogP) is 7.61. The third-order valence-corrected chi connectivity index (χ3v) is 8.53. The number of thiazole rings is 1. The van der Waals surface area contributed by atoms with E-state index in [-0.39, 0.29) is 24.1 Å². The van der Waals surface area contributed by atoms with Gasteiger partial charge < -0.3 is 9.73 Å². The van der Waals surface area contributed by atoms with Gasteiger partial charge in [-0.05, 0) is 57.7 Å². The molecule has 35 heavy (non-hydrogen) atoms. The number of nitrogens with one attached hydrogen (secondary N) is 1. The predicted molar refractivity (Wildman–Crippen MR) is 149 cm³/mol. The molecular weight excluding hydrogens is 566 g/mol. The summed E-state index contributed by atoms with van der Waals surface area (Å²) in [5.41, 5.74) is 4.64. The Morgan fingerprint density at radius 1 is 1.06 bits per heavy atom. The van der Waals surface area contributed by atoms with Crippen molar-refractivity contribution in [2.45, 2.75) is 19.5 Å². The zero-order valence-electron chi connectivity index (χ0n) is 18.5.